The lowest BCUT2D eigenvalue weighted by Gasteiger charge is -2.26. The normalized spacial score (nSPS) is 13.5. The summed E-state index contributed by atoms with van der Waals surface area (Å²) in [5.74, 6) is -1.38. The SMILES string of the molecule is CCOC(=O)C(CC(Cc1ccc(-c2cc(Cl)ccc2F)cc1Cl)NC(=O)OC(C)(C)C)OS(C)(=O)=O. The van der Waals surface area contributed by atoms with Crippen LogP contribution in [0, 0.1) is 5.82 Å². The summed E-state index contributed by atoms with van der Waals surface area (Å²) in [4.78, 5) is 24.9. The van der Waals surface area contributed by atoms with Crippen molar-refractivity contribution < 1.29 is 36.1 Å². The zero-order chi connectivity index (χ0) is 28.0. The lowest BCUT2D eigenvalue weighted by molar-refractivity contribution is -0.151. The van der Waals surface area contributed by atoms with Gasteiger partial charge in [0.15, 0.2) is 6.10 Å². The van der Waals surface area contributed by atoms with Crippen LogP contribution >= 0.6 is 23.2 Å². The van der Waals surface area contributed by atoms with Gasteiger partial charge in [-0.05, 0) is 69.5 Å². The summed E-state index contributed by atoms with van der Waals surface area (Å²) in [5.41, 5.74) is 0.470. The summed E-state index contributed by atoms with van der Waals surface area (Å²) in [6.07, 6.45) is -1.69. The fourth-order valence-corrected chi connectivity index (χ4v) is 4.42. The molecule has 8 nitrogen and oxygen atoms in total. The molecule has 0 saturated heterocycles. The highest BCUT2D eigenvalue weighted by Gasteiger charge is 2.31. The molecule has 0 heterocycles. The molecule has 0 aliphatic rings. The zero-order valence-electron chi connectivity index (χ0n) is 21.1. The number of hydrogen-bond donors (Lipinski definition) is 1. The second-order valence-electron chi connectivity index (χ2n) is 9.25. The maximum absolute atomic E-state index is 14.3. The molecule has 0 aromatic heterocycles. The van der Waals surface area contributed by atoms with Crippen LogP contribution < -0.4 is 5.32 Å². The molecule has 12 heteroatoms. The van der Waals surface area contributed by atoms with Crippen molar-refractivity contribution in [2.24, 2.45) is 0 Å². The van der Waals surface area contributed by atoms with Crippen LogP contribution in [0.25, 0.3) is 11.1 Å². The first-order valence-electron chi connectivity index (χ1n) is 11.4. The second kappa shape index (κ2) is 12.9. The molecule has 1 amide bonds. The third-order valence-corrected chi connectivity index (χ3v) is 5.99. The Kier molecular flexibility index (Phi) is 10.8. The van der Waals surface area contributed by atoms with Crippen LogP contribution in [-0.2, 0) is 35.0 Å². The van der Waals surface area contributed by atoms with E-state index in [0.29, 0.717) is 16.1 Å². The predicted molar refractivity (Wildman–Crippen MR) is 140 cm³/mol. The van der Waals surface area contributed by atoms with Crippen molar-refractivity contribution in [2.75, 3.05) is 12.9 Å². The Hall–Kier alpha value is -2.40. The van der Waals surface area contributed by atoms with E-state index in [1.807, 2.05) is 0 Å². The first-order chi connectivity index (χ1) is 17.1. The van der Waals surface area contributed by atoms with Crippen LogP contribution in [0.4, 0.5) is 9.18 Å². The first-order valence-corrected chi connectivity index (χ1v) is 13.9. The number of alkyl carbamates (subject to hydrolysis) is 1. The highest BCUT2D eigenvalue weighted by Crippen LogP contribution is 2.30. The summed E-state index contributed by atoms with van der Waals surface area (Å²) in [6, 6.07) is 8.12. The minimum atomic E-state index is -4.03. The molecule has 2 atom stereocenters. The number of nitrogens with one attached hydrogen (secondary N) is 1. The lowest BCUT2D eigenvalue weighted by atomic mass is 9.97. The topological polar surface area (TPSA) is 108 Å². The number of carbonyl (C=O) groups is 2. The summed E-state index contributed by atoms with van der Waals surface area (Å²) < 4.78 is 53.1. The average molecular weight is 578 g/mol. The number of carbonyl (C=O) groups excluding carboxylic acids is 2. The first kappa shape index (κ1) is 30.8. The number of halogens is 3. The molecule has 1 N–H and O–H groups in total. The van der Waals surface area contributed by atoms with Crippen molar-refractivity contribution in [3.05, 3.63) is 57.8 Å². The van der Waals surface area contributed by atoms with Crippen LogP contribution in [0.15, 0.2) is 36.4 Å². The van der Waals surface area contributed by atoms with Crippen LogP contribution in [0.2, 0.25) is 10.0 Å². The number of ether oxygens (including phenoxy) is 2. The Balaban J connectivity index is 2.37. The smallest absolute Gasteiger partial charge is 0.407 e. The van der Waals surface area contributed by atoms with E-state index in [-0.39, 0.29) is 30.0 Å². The molecule has 2 unspecified atom stereocenters. The zero-order valence-corrected chi connectivity index (χ0v) is 23.5. The molecular formula is C25H30Cl2FNO7S. The van der Waals surface area contributed by atoms with E-state index in [9.17, 15) is 22.4 Å². The van der Waals surface area contributed by atoms with Crippen molar-refractivity contribution in [3.63, 3.8) is 0 Å². The van der Waals surface area contributed by atoms with Crippen molar-refractivity contribution in [3.8, 4) is 11.1 Å². The molecule has 0 saturated carbocycles. The monoisotopic (exact) mass is 577 g/mol. The third kappa shape index (κ3) is 10.5. The quantitative estimate of drug-likeness (QED) is 0.292. The largest absolute Gasteiger partial charge is 0.464 e. The molecule has 0 fully saturated rings. The van der Waals surface area contributed by atoms with Gasteiger partial charge in [0.05, 0.1) is 12.9 Å². The van der Waals surface area contributed by atoms with E-state index >= 15 is 0 Å². The van der Waals surface area contributed by atoms with Crippen molar-refractivity contribution in [2.45, 2.75) is 58.3 Å². The van der Waals surface area contributed by atoms with Crippen LogP contribution in [0.5, 0.6) is 0 Å². The molecule has 2 rings (SSSR count). The molecule has 2 aromatic carbocycles. The number of amides is 1. The average Bonchev–Trinajstić information content (AvgIpc) is 2.74. The molecule has 0 radical (unpaired) electrons. The molecule has 2 aromatic rings. The molecular weight excluding hydrogens is 548 g/mol. The number of rotatable bonds is 10. The number of benzene rings is 2. The lowest BCUT2D eigenvalue weighted by Crippen LogP contribution is -2.44. The highest BCUT2D eigenvalue weighted by molar-refractivity contribution is 7.86. The minimum Gasteiger partial charge on any atom is -0.464 e. The minimum absolute atomic E-state index is 0.0000311. The number of hydrogen-bond acceptors (Lipinski definition) is 7. The van der Waals surface area contributed by atoms with E-state index in [1.54, 1.807) is 45.9 Å². The Morgan fingerprint density at radius 1 is 1.11 bits per heavy atom. The molecule has 204 valence electrons. The standard InChI is InChI=1S/C25H30Cl2FNO7S/c1-6-34-23(30)22(36-37(5,32)33)14-18(29-24(31)35-25(2,3)4)11-16-8-7-15(12-20(16)27)19-13-17(26)9-10-21(19)28/h7-10,12-13,18,22H,6,11,14H2,1-5H3,(H,29,31). The third-order valence-electron chi connectivity index (χ3n) is 4.82. The van der Waals surface area contributed by atoms with Gasteiger partial charge in [-0.3, -0.25) is 4.18 Å². The van der Waals surface area contributed by atoms with Crippen LogP contribution in [0.1, 0.15) is 39.7 Å². The van der Waals surface area contributed by atoms with E-state index in [2.05, 4.69) is 5.32 Å². The predicted octanol–water partition coefficient (Wildman–Crippen LogP) is 5.53. The molecule has 37 heavy (non-hydrogen) atoms. The maximum atomic E-state index is 14.3. The summed E-state index contributed by atoms with van der Waals surface area (Å²) in [6.45, 7) is 6.61. The van der Waals surface area contributed by atoms with E-state index in [1.165, 1.54) is 18.2 Å². The van der Waals surface area contributed by atoms with Gasteiger partial charge in [-0.15, -0.1) is 0 Å². The Morgan fingerprint density at radius 2 is 1.78 bits per heavy atom. The van der Waals surface area contributed by atoms with Crippen molar-refractivity contribution >= 4 is 45.4 Å². The Labute approximate surface area is 226 Å². The van der Waals surface area contributed by atoms with E-state index in [4.69, 9.17) is 36.9 Å². The Morgan fingerprint density at radius 3 is 2.35 bits per heavy atom. The van der Waals surface area contributed by atoms with Gasteiger partial charge in [0.25, 0.3) is 10.1 Å². The van der Waals surface area contributed by atoms with Crippen molar-refractivity contribution in [1.29, 1.82) is 0 Å². The molecule has 0 aliphatic heterocycles. The number of esters is 1. The van der Waals surface area contributed by atoms with E-state index in [0.717, 1.165) is 6.26 Å². The van der Waals surface area contributed by atoms with Gasteiger partial charge in [0.1, 0.15) is 11.4 Å². The molecule has 0 bridgehead atoms. The second-order valence-corrected chi connectivity index (χ2v) is 11.7. The van der Waals surface area contributed by atoms with Gasteiger partial charge in [0.2, 0.25) is 0 Å². The van der Waals surface area contributed by atoms with Gasteiger partial charge in [0, 0.05) is 28.1 Å². The molecule has 0 aliphatic carbocycles. The highest BCUT2D eigenvalue weighted by atomic mass is 35.5. The van der Waals surface area contributed by atoms with Crippen LogP contribution in [-0.4, -0.2) is 51.1 Å². The van der Waals surface area contributed by atoms with Gasteiger partial charge in [-0.1, -0.05) is 35.3 Å². The Bertz CT molecular complexity index is 1230. The van der Waals surface area contributed by atoms with Gasteiger partial charge < -0.3 is 14.8 Å². The molecule has 0 spiro atoms. The fraction of sp³-hybridized carbons (Fsp3) is 0.440. The van der Waals surface area contributed by atoms with Crippen molar-refractivity contribution in [1.82, 2.24) is 5.32 Å². The fourth-order valence-electron chi connectivity index (χ4n) is 3.41. The summed E-state index contributed by atoms with van der Waals surface area (Å²) in [7, 11) is -4.03. The maximum Gasteiger partial charge on any atom is 0.407 e. The van der Waals surface area contributed by atoms with Crippen LogP contribution in [0.3, 0.4) is 0 Å². The van der Waals surface area contributed by atoms with Gasteiger partial charge in [-0.25, -0.2) is 14.0 Å². The summed E-state index contributed by atoms with van der Waals surface area (Å²) >= 11 is 12.5. The van der Waals surface area contributed by atoms with Gasteiger partial charge >= 0.3 is 12.1 Å². The van der Waals surface area contributed by atoms with E-state index < -0.39 is 45.7 Å². The summed E-state index contributed by atoms with van der Waals surface area (Å²) in [5, 5.41) is 3.26. The van der Waals surface area contributed by atoms with Gasteiger partial charge in [-0.2, -0.15) is 8.42 Å².